The molecule has 2 N–H and O–H groups in total. The lowest BCUT2D eigenvalue weighted by Crippen LogP contribution is -2.52. The first kappa shape index (κ1) is 27.3. The molecule has 2 saturated heterocycles. The highest BCUT2D eigenvalue weighted by molar-refractivity contribution is 6.35. The molecule has 190 valence electrons. The summed E-state index contributed by atoms with van der Waals surface area (Å²) >= 11 is 12.7. The van der Waals surface area contributed by atoms with Gasteiger partial charge in [-0.25, -0.2) is 0 Å². The number of rotatable bonds is 11. The van der Waals surface area contributed by atoms with Gasteiger partial charge < -0.3 is 15.3 Å². The number of unbranched alkanes of at least 4 members (excludes halogenated alkanes) is 3. The summed E-state index contributed by atoms with van der Waals surface area (Å²) in [4.78, 5) is 30.0. The SMILES string of the molecule is CCCCCCN1CCC(NC(=O)[C@@]2(CC(=O)O)CN(Cc3c(Cl)cccc3Cl)C[C@H]2C)CC1. The molecule has 8 heteroatoms. The van der Waals surface area contributed by atoms with Gasteiger partial charge in [0, 0.05) is 54.4 Å². The summed E-state index contributed by atoms with van der Waals surface area (Å²) < 4.78 is 0. The maximum atomic E-state index is 13.6. The number of halogens is 2. The van der Waals surface area contributed by atoms with Gasteiger partial charge in [0.25, 0.3) is 0 Å². The van der Waals surface area contributed by atoms with Crippen molar-refractivity contribution >= 4 is 35.1 Å². The normalized spacial score (nSPS) is 24.4. The van der Waals surface area contributed by atoms with Gasteiger partial charge in [-0.15, -0.1) is 0 Å². The zero-order chi connectivity index (χ0) is 24.7. The van der Waals surface area contributed by atoms with Crippen LogP contribution in [-0.2, 0) is 16.1 Å². The topological polar surface area (TPSA) is 72.9 Å². The van der Waals surface area contributed by atoms with Crippen molar-refractivity contribution in [2.45, 2.75) is 71.4 Å². The Bertz CT molecular complexity index is 824. The van der Waals surface area contributed by atoms with Gasteiger partial charge in [-0.1, -0.05) is 62.4 Å². The van der Waals surface area contributed by atoms with Gasteiger partial charge in [-0.3, -0.25) is 14.5 Å². The molecule has 0 saturated carbocycles. The van der Waals surface area contributed by atoms with Gasteiger partial charge in [0.15, 0.2) is 0 Å². The quantitative estimate of drug-likeness (QED) is 0.405. The zero-order valence-corrected chi connectivity index (χ0v) is 22.0. The number of nitrogens with zero attached hydrogens (tertiary/aromatic N) is 2. The van der Waals surface area contributed by atoms with Crippen LogP contribution in [0.25, 0.3) is 0 Å². The Morgan fingerprint density at radius 3 is 2.41 bits per heavy atom. The predicted molar refractivity (Wildman–Crippen MR) is 137 cm³/mol. The van der Waals surface area contributed by atoms with Crippen LogP contribution in [0, 0.1) is 11.3 Å². The van der Waals surface area contributed by atoms with E-state index in [4.69, 9.17) is 23.2 Å². The van der Waals surface area contributed by atoms with Crippen molar-refractivity contribution in [2.24, 2.45) is 11.3 Å². The largest absolute Gasteiger partial charge is 0.481 e. The maximum absolute atomic E-state index is 13.6. The van der Waals surface area contributed by atoms with Crippen LogP contribution in [0.5, 0.6) is 0 Å². The summed E-state index contributed by atoms with van der Waals surface area (Å²) in [6.45, 7) is 8.79. The third-order valence-electron chi connectivity index (χ3n) is 7.59. The Balaban J connectivity index is 1.61. The number of carboxylic acids is 1. The van der Waals surface area contributed by atoms with E-state index in [0.717, 1.165) is 38.0 Å². The number of carbonyl (C=O) groups is 2. The van der Waals surface area contributed by atoms with Crippen molar-refractivity contribution in [1.82, 2.24) is 15.1 Å². The van der Waals surface area contributed by atoms with Crippen molar-refractivity contribution in [2.75, 3.05) is 32.7 Å². The summed E-state index contributed by atoms with van der Waals surface area (Å²) in [7, 11) is 0. The second kappa shape index (κ2) is 12.6. The Morgan fingerprint density at radius 2 is 1.79 bits per heavy atom. The molecule has 1 amide bonds. The molecule has 2 atom stereocenters. The number of nitrogens with one attached hydrogen (secondary N) is 1. The molecule has 0 unspecified atom stereocenters. The molecule has 1 aromatic carbocycles. The van der Waals surface area contributed by atoms with Crippen LogP contribution >= 0.6 is 23.2 Å². The van der Waals surface area contributed by atoms with E-state index in [0.29, 0.717) is 29.7 Å². The second-order valence-corrected chi connectivity index (χ2v) is 11.0. The van der Waals surface area contributed by atoms with Gasteiger partial charge in [0.05, 0.1) is 11.8 Å². The van der Waals surface area contributed by atoms with Crippen LogP contribution in [0.2, 0.25) is 10.0 Å². The molecule has 2 aliphatic rings. The monoisotopic (exact) mass is 511 g/mol. The molecule has 2 fully saturated rings. The first-order valence-corrected chi connectivity index (χ1v) is 13.4. The zero-order valence-electron chi connectivity index (χ0n) is 20.5. The van der Waals surface area contributed by atoms with Gasteiger partial charge in [0.1, 0.15) is 0 Å². The smallest absolute Gasteiger partial charge is 0.304 e. The van der Waals surface area contributed by atoms with E-state index < -0.39 is 11.4 Å². The standard InChI is InChI=1S/C26H39Cl2N3O3/c1-3-4-5-6-12-30-13-10-20(11-14-30)29-25(34)26(15-24(32)33)18-31(16-19(26)2)17-21-22(27)8-7-9-23(21)28/h7-9,19-20H,3-6,10-18H2,1-2H3,(H,29,34)(H,32,33)/t19-,26+/m1/s1. The van der Waals surface area contributed by atoms with E-state index in [1.807, 2.05) is 6.92 Å². The Morgan fingerprint density at radius 1 is 1.12 bits per heavy atom. The average Bonchev–Trinajstić information content (AvgIpc) is 3.10. The van der Waals surface area contributed by atoms with E-state index in [1.54, 1.807) is 18.2 Å². The first-order valence-electron chi connectivity index (χ1n) is 12.7. The summed E-state index contributed by atoms with van der Waals surface area (Å²) in [5.41, 5.74) is -0.146. The van der Waals surface area contributed by atoms with Crippen LogP contribution in [0.4, 0.5) is 0 Å². The lowest BCUT2D eigenvalue weighted by molar-refractivity contribution is -0.147. The Kier molecular flexibility index (Phi) is 10.1. The van der Waals surface area contributed by atoms with Gasteiger partial charge >= 0.3 is 5.97 Å². The minimum atomic E-state index is -0.961. The van der Waals surface area contributed by atoms with E-state index in [2.05, 4.69) is 22.0 Å². The fourth-order valence-electron chi connectivity index (χ4n) is 5.48. The van der Waals surface area contributed by atoms with E-state index in [1.165, 1.54) is 25.7 Å². The summed E-state index contributed by atoms with van der Waals surface area (Å²) in [5, 5.41) is 14.1. The molecule has 34 heavy (non-hydrogen) atoms. The van der Waals surface area contributed by atoms with E-state index in [-0.39, 0.29) is 24.3 Å². The number of hydrogen-bond donors (Lipinski definition) is 2. The molecule has 2 aliphatic heterocycles. The highest BCUT2D eigenvalue weighted by atomic mass is 35.5. The van der Waals surface area contributed by atoms with Crippen molar-refractivity contribution in [1.29, 1.82) is 0 Å². The Labute approximate surface area is 214 Å². The molecule has 0 bridgehead atoms. The molecule has 0 aromatic heterocycles. The van der Waals surface area contributed by atoms with Crippen molar-refractivity contribution in [3.63, 3.8) is 0 Å². The number of piperidine rings is 1. The van der Waals surface area contributed by atoms with Gasteiger partial charge in [0.2, 0.25) is 5.91 Å². The average molecular weight is 513 g/mol. The molecule has 2 heterocycles. The van der Waals surface area contributed by atoms with Crippen molar-refractivity contribution in [3.8, 4) is 0 Å². The number of likely N-dealkylation sites (tertiary alicyclic amines) is 2. The number of amides is 1. The molecule has 0 spiro atoms. The van der Waals surface area contributed by atoms with Crippen LogP contribution in [0.15, 0.2) is 18.2 Å². The molecular formula is C26H39Cl2N3O3. The lowest BCUT2D eigenvalue weighted by atomic mass is 9.75. The van der Waals surface area contributed by atoms with Crippen LogP contribution in [-0.4, -0.2) is 65.5 Å². The van der Waals surface area contributed by atoms with Gasteiger partial charge in [-0.05, 0) is 43.9 Å². The highest BCUT2D eigenvalue weighted by Crippen LogP contribution is 2.41. The maximum Gasteiger partial charge on any atom is 0.304 e. The molecule has 0 radical (unpaired) electrons. The van der Waals surface area contributed by atoms with Crippen LogP contribution in [0.1, 0.15) is 64.4 Å². The minimum absolute atomic E-state index is 0.0940. The van der Waals surface area contributed by atoms with Gasteiger partial charge in [-0.2, -0.15) is 0 Å². The molecule has 3 rings (SSSR count). The summed E-state index contributed by atoms with van der Waals surface area (Å²) in [6.07, 6.45) is 6.69. The Hall–Kier alpha value is -1.34. The molecule has 1 aromatic rings. The lowest BCUT2D eigenvalue weighted by Gasteiger charge is -2.36. The number of carbonyl (C=O) groups excluding carboxylic acids is 1. The second-order valence-electron chi connectivity index (χ2n) is 10.1. The minimum Gasteiger partial charge on any atom is -0.481 e. The third kappa shape index (κ3) is 6.87. The summed E-state index contributed by atoms with van der Waals surface area (Å²) in [5.74, 6) is -1.17. The van der Waals surface area contributed by atoms with Crippen molar-refractivity contribution < 1.29 is 14.7 Å². The molecule has 0 aliphatic carbocycles. The predicted octanol–water partition coefficient (Wildman–Crippen LogP) is 5.07. The first-order chi connectivity index (χ1) is 16.2. The summed E-state index contributed by atoms with van der Waals surface area (Å²) in [6, 6.07) is 5.51. The highest BCUT2D eigenvalue weighted by Gasteiger charge is 2.51. The number of hydrogen-bond acceptors (Lipinski definition) is 4. The fourth-order valence-corrected chi connectivity index (χ4v) is 5.99. The van der Waals surface area contributed by atoms with Crippen LogP contribution in [0.3, 0.4) is 0 Å². The third-order valence-corrected chi connectivity index (χ3v) is 8.30. The number of aliphatic carboxylic acids is 1. The number of benzene rings is 1. The fraction of sp³-hybridized carbons (Fsp3) is 0.692. The number of carboxylic acid groups (broad SMARTS) is 1. The van der Waals surface area contributed by atoms with Crippen LogP contribution < -0.4 is 5.32 Å². The van der Waals surface area contributed by atoms with E-state index in [9.17, 15) is 14.7 Å². The molecule has 6 nitrogen and oxygen atoms in total. The molecular weight excluding hydrogens is 473 g/mol. The van der Waals surface area contributed by atoms with Crippen molar-refractivity contribution in [3.05, 3.63) is 33.8 Å². The van der Waals surface area contributed by atoms with E-state index >= 15 is 0 Å².